The smallest absolute Gasteiger partial charge is 0.269 e. The van der Waals surface area contributed by atoms with Gasteiger partial charge in [-0.2, -0.15) is 8.42 Å². The molecule has 1 aromatic rings. The van der Waals surface area contributed by atoms with E-state index in [0.717, 1.165) is 0 Å². The monoisotopic (exact) mass is 221 g/mol. The Labute approximate surface area is 81.4 Å². The van der Waals surface area contributed by atoms with Crippen molar-refractivity contribution in [1.82, 2.24) is 0 Å². The molecule has 0 spiro atoms. The predicted molar refractivity (Wildman–Crippen MR) is 51.4 cm³/mol. The quantitative estimate of drug-likeness (QED) is 0.750. The van der Waals surface area contributed by atoms with Gasteiger partial charge in [0, 0.05) is 5.02 Å². The second kappa shape index (κ2) is 3.53. The van der Waals surface area contributed by atoms with Crippen LogP contribution in [0.4, 0.5) is 5.69 Å². The molecule has 0 aliphatic rings. The van der Waals surface area contributed by atoms with E-state index < -0.39 is 10.3 Å². The molecule has 4 nitrogen and oxygen atoms in total. The molecule has 0 fully saturated rings. The average molecular weight is 222 g/mol. The van der Waals surface area contributed by atoms with Crippen molar-refractivity contribution in [2.75, 3.05) is 4.72 Å². The highest BCUT2D eigenvalue weighted by atomic mass is 35.5. The summed E-state index contributed by atoms with van der Waals surface area (Å²) < 4.78 is 31.3. The van der Waals surface area contributed by atoms with Gasteiger partial charge < -0.3 is 0 Å². The molecule has 13 heavy (non-hydrogen) atoms. The number of nitrogens with one attached hydrogen (secondary N) is 1. The van der Waals surface area contributed by atoms with Gasteiger partial charge in [0.2, 0.25) is 0 Å². The van der Waals surface area contributed by atoms with E-state index in [2.05, 4.69) is 0 Å². The van der Waals surface area contributed by atoms with E-state index in [1.807, 2.05) is 4.72 Å². The average Bonchev–Trinajstić information content (AvgIpc) is 1.93. The van der Waals surface area contributed by atoms with Crippen LogP contribution in [0.1, 0.15) is 5.56 Å². The molecule has 0 atom stereocenters. The largest absolute Gasteiger partial charge is 0.357 e. The van der Waals surface area contributed by atoms with Gasteiger partial charge in [0.05, 0.1) is 5.69 Å². The lowest BCUT2D eigenvalue weighted by Crippen LogP contribution is -2.11. The lowest BCUT2D eigenvalue weighted by atomic mass is 10.2. The van der Waals surface area contributed by atoms with Crippen LogP contribution in [-0.4, -0.2) is 13.0 Å². The van der Waals surface area contributed by atoms with Crippen LogP contribution in [-0.2, 0) is 10.3 Å². The SMILES string of the molecule is Cc1cc(Cl)ccc1NS(=O)(=O)O. The molecular formula is C7H8ClNO3S. The standard InChI is InChI=1S/C7H8ClNO3S/c1-5-4-6(8)2-3-7(5)9-13(10,11)12/h2-4,9H,1H3,(H,10,11,12). The zero-order chi connectivity index (χ0) is 10.1. The molecule has 0 bridgehead atoms. The highest BCUT2D eigenvalue weighted by Crippen LogP contribution is 2.19. The summed E-state index contributed by atoms with van der Waals surface area (Å²) >= 11 is 5.65. The van der Waals surface area contributed by atoms with Crippen molar-refractivity contribution in [2.45, 2.75) is 6.92 Å². The fraction of sp³-hybridized carbons (Fsp3) is 0.143. The highest BCUT2D eigenvalue weighted by molar-refractivity contribution is 7.87. The lowest BCUT2D eigenvalue weighted by Gasteiger charge is -2.05. The summed E-state index contributed by atoms with van der Waals surface area (Å²) in [5.41, 5.74) is 0.956. The van der Waals surface area contributed by atoms with Gasteiger partial charge >= 0.3 is 10.3 Å². The van der Waals surface area contributed by atoms with Gasteiger partial charge in [-0.15, -0.1) is 0 Å². The normalized spacial score (nSPS) is 11.3. The number of rotatable bonds is 2. The molecule has 0 saturated carbocycles. The van der Waals surface area contributed by atoms with Gasteiger partial charge in [0.15, 0.2) is 0 Å². The third-order valence-electron chi connectivity index (χ3n) is 1.43. The molecule has 0 unspecified atom stereocenters. The first-order chi connectivity index (χ1) is 5.88. The summed E-state index contributed by atoms with van der Waals surface area (Å²) in [6, 6.07) is 4.60. The summed E-state index contributed by atoms with van der Waals surface area (Å²) in [5, 5.41) is 0.512. The van der Waals surface area contributed by atoms with Crippen molar-refractivity contribution in [1.29, 1.82) is 0 Å². The van der Waals surface area contributed by atoms with E-state index in [1.54, 1.807) is 13.0 Å². The maximum atomic E-state index is 10.4. The van der Waals surface area contributed by atoms with E-state index in [1.165, 1.54) is 12.1 Å². The minimum Gasteiger partial charge on any atom is -0.269 e. The summed E-state index contributed by atoms with van der Waals surface area (Å²) in [6.45, 7) is 1.68. The fourth-order valence-corrected chi connectivity index (χ4v) is 1.61. The van der Waals surface area contributed by atoms with Crippen molar-refractivity contribution < 1.29 is 13.0 Å². The van der Waals surface area contributed by atoms with E-state index in [4.69, 9.17) is 16.2 Å². The highest BCUT2D eigenvalue weighted by Gasteiger charge is 2.06. The molecule has 0 amide bonds. The first-order valence-electron chi connectivity index (χ1n) is 3.40. The maximum Gasteiger partial charge on any atom is 0.357 e. The van der Waals surface area contributed by atoms with Gasteiger partial charge in [0.1, 0.15) is 0 Å². The molecule has 0 radical (unpaired) electrons. The van der Waals surface area contributed by atoms with Crippen LogP contribution >= 0.6 is 11.6 Å². The lowest BCUT2D eigenvalue weighted by molar-refractivity contribution is 0.489. The molecule has 0 aliphatic heterocycles. The molecule has 0 heterocycles. The van der Waals surface area contributed by atoms with Crippen molar-refractivity contribution in [3.8, 4) is 0 Å². The van der Waals surface area contributed by atoms with Crippen molar-refractivity contribution in [3.63, 3.8) is 0 Å². The Kier molecular flexibility index (Phi) is 2.80. The molecular weight excluding hydrogens is 214 g/mol. The van der Waals surface area contributed by atoms with Gasteiger partial charge in [-0.3, -0.25) is 9.27 Å². The Hall–Kier alpha value is -0.780. The Morgan fingerprint density at radius 2 is 2.08 bits per heavy atom. The van der Waals surface area contributed by atoms with Gasteiger partial charge in [0.25, 0.3) is 0 Å². The fourth-order valence-electron chi connectivity index (χ4n) is 0.881. The Morgan fingerprint density at radius 3 is 2.54 bits per heavy atom. The van der Waals surface area contributed by atoms with Crippen LogP contribution in [0.3, 0.4) is 0 Å². The summed E-state index contributed by atoms with van der Waals surface area (Å²) in [4.78, 5) is 0. The van der Waals surface area contributed by atoms with E-state index >= 15 is 0 Å². The zero-order valence-electron chi connectivity index (χ0n) is 6.78. The zero-order valence-corrected chi connectivity index (χ0v) is 8.35. The molecule has 0 saturated heterocycles. The summed E-state index contributed by atoms with van der Waals surface area (Å²) in [6.07, 6.45) is 0. The first kappa shape index (κ1) is 10.3. The minimum absolute atomic E-state index is 0.312. The third kappa shape index (κ3) is 3.22. The molecule has 2 N–H and O–H groups in total. The van der Waals surface area contributed by atoms with Crippen LogP contribution in [0, 0.1) is 6.92 Å². The molecule has 1 aromatic carbocycles. The molecule has 6 heteroatoms. The number of aryl methyl sites for hydroxylation is 1. The minimum atomic E-state index is -4.21. The van der Waals surface area contributed by atoms with Gasteiger partial charge in [-0.05, 0) is 30.7 Å². The van der Waals surface area contributed by atoms with Crippen LogP contribution in [0.15, 0.2) is 18.2 Å². The van der Waals surface area contributed by atoms with Gasteiger partial charge in [-0.1, -0.05) is 11.6 Å². The molecule has 0 aromatic heterocycles. The summed E-state index contributed by atoms with van der Waals surface area (Å²) in [7, 11) is -4.21. The Bertz CT molecular complexity index is 416. The second-order valence-electron chi connectivity index (χ2n) is 2.54. The van der Waals surface area contributed by atoms with Crippen LogP contribution in [0.5, 0.6) is 0 Å². The Balaban J connectivity index is 3.04. The Morgan fingerprint density at radius 1 is 1.46 bits per heavy atom. The summed E-state index contributed by atoms with van der Waals surface area (Å²) in [5.74, 6) is 0. The number of halogens is 1. The maximum absolute atomic E-state index is 10.4. The number of benzene rings is 1. The molecule has 72 valence electrons. The van der Waals surface area contributed by atoms with Crippen molar-refractivity contribution >= 4 is 27.6 Å². The number of hydrogen-bond donors (Lipinski definition) is 2. The van der Waals surface area contributed by atoms with Crippen molar-refractivity contribution in [3.05, 3.63) is 28.8 Å². The predicted octanol–water partition coefficient (Wildman–Crippen LogP) is 1.86. The van der Waals surface area contributed by atoms with E-state index in [9.17, 15) is 8.42 Å². The van der Waals surface area contributed by atoms with Crippen LogP contribution in [0.2, 0.25) is 5.02 Å². The number of anilines is 1. The van der Waals surface area contributed by atoms with E-state index in [0.29, 0.717) is 16.3 Å². The first-order valence-corrected chi connectivity index (χ1v) is 5.22. The third-order valence-corrected chi connectivity index (χ3v) is 2.14. The number of hydrogen-bond acceptors (Lipinski definition) is 2. The van der Waals surface area contributed by atoms with E-state index in [-0.39, 0.29) is 0 Å². The topological polar surface area (TPSA) is 66.4 Å². The van der Waals surface area contributed by atoms with Crippen LogP contribution in [0.25, 0.3) is 0 Å². The van der Waals surface area contributed by atoms with Crippen LogP contribution < -0.4 is 4.72 Å². The molecule has 1 rings (SSSR count). The van der Waals surface area contributed by atoms with Gasteiger partial charge in [-0.25, -0.2) is 0 Å². The van der Waals surface area contributed by atoms with Crippen molar-refractivity contribution in [2.24, 2.45) is 0 Å². The second-order valence-corrected chi connectivity index (χ2v) is 4.13. The molecule has 0 aliphatic carbocycles.